The Labute approximate surface area is 194 Å². The summed E-state index contributed by atoms with van der Waals surface area (Å²) in [6, 6.07) is 11.7. The number of fused-ring (bicyclic) bond motifs is 1. The maximum atomic E-state index is 12.3. The number of rotatable bonds is 9. The highest BCUT2D eigenvalue weighted by Crippen LogP contribution is 2.30. The van der Waals surface area contributed by atoms with E-state index in [-0.39, 0.29) is 12.5 Å². The Morgan fingerprint density at radius 3 is 2.48 bits per heavy atom. The molecule has 0 unspecified atom stereocenters. The van der Waals surface area contributed by atoms with Crippen LogP contribution in [0.3, 0.4) is 0 Å². The largest absolute Gasteiger partial charge is 0.490 e. The van der Waals surface area contributed by atoms with E-state index >= 15 is 0 Å². The van der Waals surface area contributed by atoms with Crippen molar-refractivity contribution in [2.75, 3.05) is 26.3 Å². The van der Waals surface area contributed by atoms with Gasteiger partial charge >= 0.3 is 0 Å². The zero-order valence-corrected chi connectivity index (χ0v) is 19.9. The maximum Gasteiger partial charge on any atom is 0.260 e. The van der Waals surface area contributed by atoms with E-state index in [2.05, 4.69) is 16.0 Å². The molecule has 0 saturated heterocycles. The second-order valence-corrected chi connectivity index (χ2v) is 7.70. The van der Waals surface area contributed by atoms with Gasteiger partial charge in [-0.15, -0.1) is 0 Å². The van der Waals surface area contributed by atoms with E-state index in [4.69, 9.17) is 9.47 Å². The molecule has 3 aromatic rings. The van der Waals surface area contributed by atoms with Crippen molar-refractivity contribution in [1.29, 1.82) is 5.26 Å². The van der Waals surface area contributed by atoms with E-state index < -0.39 is 0 Å². The molecule has 172 valence electrons. The molecule has 0 atom stereocenters. The van der Waals surface area contributed by atoms with E-state index in [0.717, 1.165) is 27.7 Å². The number of allylic oxidation sites excluding steroid dienone is 1. The van der Waals surface area contributed by atoms with E-state index in [1.807, 2.05) is 52.8 Å². The first-order valence-corrected chi connectivity index (χ1v) is 11.2. The maximum absolute atomic E-state index is 12.3. The van der Waals surface area contributed by atoms with Crippen molar-refractivity contribution in [3.05, 3.63) is 52.8 Å². The zero-order chi connectivity index (χ0) is 24.0. The first kappa shape index (κ1) is 23.9. The Balaban J connectivity index is 1.88. The van der Waals surface area contributed by atoms with E-state index in [1.165, 1.54) is 0 Å². The molecule has 0 saturated carbocycles. The highest BCUT2D eigenvalue weighted by atomic mass is 16.5. The fourth-order valence-electron chi connectivity index (χ4n) is 3.53. The Bertz CT molecular complexity index is 1180. The van der Waals surface area contributed by atoms with Gasteiger partial charge in [0, 0.05) is 13.1 Å². The second kappa shape index (κ2) is 10.7. The number of benzene rings is 2. The summed E-state index contributed by atoms with van der Waals surface area (Å²) in [7, 11) is 0. The highest BCUT2D eigenvalue weighted by Gasteiger charge is 2.14. The minimum Gasteiger partial charge on any atom is -0.490 e. The number of H-pyrrole nitrogens is 1. The summed E-state index contributed by atoms with van der Waals surface area (Å²) >= 11 is 0. The topological polar surface area (TPSA) is 91.2 Å². The lowest BCUT2D eigenvalue weighted by Gasteiger charge is -2.19. The molecule has 1 heterocycles. The van der Waals surface area contributed by atoms with Gasteiger partial charge in [-0.2, -0.15) is 5.26 Å². The van der Waals surface area contributed by atoms with Crippen LogP contribution in [0.4, 0.5) is 0 Å². The number of nitrogens with zero attached hydrogens (tertiary/aromatic N) is 3. The SMILES string of the molecule is CCOc1cc(/C=C(/C#N)c2nc3cc(C)c(C)cc3[nH]2)ccc1OCC(=O)N(CC)CC. The summed E-state index contributed by atoms with van der Waals surface area (Å²) in [5.74, 6) is 1.45. The number of nitrogens with one attached hydrogen (secondary N) is 1. The van der Waals surface area contributed by atoms with Crippen LogP contribution in [0.15, 0.2) is 30.3 Å². The molecule has 3 rings (SSSR count). The minimum atomic E-state index is -0.0754. The predicted octanol–water partition coefficient (Wildman–Crippen LogP) is 4.89. The van der Waals surface area contributed by atoms with Gasteiger partial charge in [0.05, 0.1) is 23.2 Å². The number of hydrogen-bond acceptors (Lipinski definition) is 5. The number of nitriles is 1. The fraction of sp³-hybridized carbons (Fsp3) is 0.346. The number of imidazole rings is 1. The molecule has 0 radical (unpaired) electrons. The highest BCUT2D eigenvalue weighted by molar-refractivity contribution is 5.90. The molecule has 0 spiro atoms. The fourth-order valence-corrected chi connectivity index (χ4v) is 3.53. The smallest absolute Gasteiger partial charge is 0.260 e. The molecule has 0 aliphatic heterocycles. The van der Waals surface area contributed by atoms with Crippen LogP contribution in [0.1, 0.15) is 43.3 Å². The van der Waals surface area contributed by atoms with Crippen molar-refractivity contribution in [3.8, 4) is 17.6 Å². The minimum absolute atomic E-state index is 0.0573. The third kappa shape index (κ3) is 5.53. The van der Waals surface area contributed by atoms with Crippen LogP contribution < -0.4 is 9.47 Å². The standard InChI is InChI=1S/C26H30N4O3/c1-6-30(7-2)25(31)16-33-23-10-9-19(14-24(23)32-8-3)13-20(15-27)26-28-21-11-17(4)18(5)12-22(21)29-26/h9-14H,6-8,16H2,1-5H3,(H,28,29)/b20-13-. The van der Waals surface area contributed by atoms with Crippen LogP contribution in [-0.2, 0) is 4.79 Å². The Morgan fingerprint density at radius 2 is 1.82 bits per heavy atom. The molecule has 0 fully saturated rings. The molecular formula is C26H30N4O3. The second-order valence-electron chi connectivity index (χ2n) is 7.70. The number of amides is 1. The molecule has 2 aromatic carbocycles. The van der Waals surface area contributed by atoms with E-state index in [1.54, 1.807) is 23.1 Å². The van der Waals surface area contributed by atoms with Crippen molar-refractivity contribution in [3.63, 3.8) is 0 Å². The average Bonchev–Trinajstić information content (AvgIpc) is 3.20. The van der Waals surface area contributed by atoms with Crippen molar-refractivity contribution in [1.82, 2.24) is 14.9 Å². The van der Waals surface area contributed by atoms with Crippen LogP contribution >= 0.6 is 0 Å². The van der Waals surface area contributed by atoms with Gasteiger partial charge in [0.2, 0.25) is 0 Å². The average molecular weight is 447 g/mol. The van der Waals surface area contributed by atoms with Gasteiger partial charge in [0.25, 0.3) is 5.91 Å². The number of carbonyl (C=O) groups is 1. The summed E-state index contributed by atoms with van der Waals surface area (Å²) < 4.78 is 11.5. The van der Waals surface area contributed by atoms with Gasteiger partial charge < -0.3 is 19.4 Å². The first-order valence-electron chi connectivity index (χ1n) is 11.2. The van der Waals surface area contributed by atoms with Gasteiger partial charge in [0.1, 0.15) is 11.9 Å². The van der Waals surface area contributed by atoms with Crippen molar-refractivity contribution < 1.29 is 14.3 Å². The van der Waals surface area contributed by atoms with Gasteiger partial charge in [-0.1, -0.05) is 6.07 Å². The summed E-state index contributed by atoms with van der Waals surface area (Å²) in [6.07, 6.45) is 1.75. The van der Waals surface area contributed by atoms with Crippen LogP contribution in [0.25, 0.3) is 22.7 Å². The zero-order valence-electron chi connectivity index (χ0n) is 19.9. The normalized spacial score (nSPS) is 11.3. The van der Waals surface area contributed by atoms with Gasteiger partial charge in [-0.05, 0) is 81.7 Å². The number of likely N-dealkylation sites (N-methyl/N-ethyl adjacent to an activating group) is 1. The third-order valence-corrected chi connectivity index (χ3v) is 5.52. The Hall–Kier alpha value is -3.79. The van der Waals surface area contributed by atoms with Gasteiger partial charge in [0.15, 0.2) is 18.1 Å². The molecule has 7 nitrogen and oxygen atoms in total. The molecule has 1 N–H and O–H groups in total. The van der Waals surface area contributed by atoms with Gasteiger partial charge in [-0.3, -0.25) is 4.79 Å². The lowest BCUT2D eigenvalue weighted by Crippen LogP contribution is -2.34. The lowest BCUT2D eigenvalue weighted by molar-refractivity contribution is -0.132. The summed E-state index contributed by atoms with van der Waals surface area (Å²) in [5, 5.41) is 9.77. The molecule has 7 heteroatoms. The predicted molar refractivity (Wildman–Crippen MR) is 130 cm³/mol. The van der Waals surface area contributed by atoms with Crippen molar-refractivity contribution in [2.24, 2.45) is 0 Å². The van der Waals surface area contributed by atoms with Gasteiger partial charge in [-0.25, -0.2) is 4.98 Å². The van der Waals surface area contributed by atoms with Crippen LogP contribution in [0.2, 0.25) is 0 Å². The number of hydrogen-bond donors (Lipinski definition) is 1. The summed E-state index contributed by atoms with van der Waals surface area (Å²) in [5.41, 5.74) is 5.22. The monoisotopic (exact) mass is 446 g/mol. The molecule has 0 aliphatic carbocycles. The molecule has 1 amide bonds. The number of aryl methyl sites for hydroxylation is 2. The van der Waals surface area contributed by atoms with Crippen LogP contribution in [0.5, 0.6) is 11.5 Å². The number of aromatic nitrogens is 2. The van der Waals surface area contributed by atoms with E-state index in [9.17, 15) is 10.1 Å². The molecule has 33 heavy (non-hydrogen) atoms. The Morgan fingerprint density at radius 1 is 1.09 bits per heavy atom. The molecule has 0 bridgehead atoms. The van der Waals surface area contributed by atoms with Crippen LogP contribution in [0, 0.1) is 25.2 Å². The molecule has 0 aliphatic rings. The molecular weight excluding hydrogens is 416 g/mol. The van der Waals surface area contributed by atoms with Crippen molar-refractivity contribution >= 4 is 28.6 Å². The first-order chi connectivity index (χ1) is 15.9. The third-order valence-electron chi connectivity index (χ3n) is 5.52. The molecule has 1 aromatic heterocycles. The summed E-state index contributed by atoms with van der Waals surface area (Å²) in [4.78, 5) is 21.8. The quantitative estimate of drug-likeness (QED) is 0.473. The number of carbonyl (C=O) groups excluding carboxylic acids is 1. The van der Waals surface area contributed by atoms with Crippen molar-refractivity contribution in [2.45, 2.75) is 34.6 Å². The lowest BCUT2D eigenvalue weighted by atomic mass is 10.1. The number of aromatic amines is 1. The van der Waals surface area contributed by atoms with Crippen LogP contribution in [-0.4, -0.2) is 47.1 Å². The number of ether oxygens (including phenoxy) is 2. The summed E-state index contributed by atoms with van der Waals surface area (Å²) in [6.45, 7) is 11.5. The van der Waals surface area contributed by atoms with E-state index in [0.29, 0.717) is 42.6 Å². The Kier molecular flexibility index (Phi) is 7.73.